The zero-order chi connectivity index (χ0) is 13.4. The summed E-state index contributed by atoms with van der Waals surface area (Å²) >= 11 is 0. The van der Waals surface area contributed by atoms with Crippen LogP contribution in [0.5, 0.6) is 0 Å². The van der Waals surface area contributed by atoms with Crippen molar-refractivity contribution in [3.8, 4) is 0 Å². The molecule has 0 aliphatic heterocycles. The molecule has 0 fully saturated rings. The van der Waals surface area contributed by atoms with Gasteiger partial charge in [-0.1, -0.05) is 12.1 Å². The topological polar surface area (TPSA) is 67.2 Å². The number of para-hydroxylation sites is 1. The second-order valence-electron chi connectivity index (χ2n) is 4.60. The maximum absolute atomic E-state index is 12.0. The smallest absolute Gasteiger partial charge is 0.253 e. The Morgan fingerprint density at radius 3 is 2.67 bits per heavy atom. The van der Waals surface area contributed by atoms with Gasteiger partial charge in [0.2, 0.25) is 0 Å². The molecule has 0 heterocycles. The molecule has 0 aliphatic carbocycles. The van der Waals surface area contributed by atoms with E-state index in [4.69, 9.17) is 5.73 Å². The predicted molar refractivity (Wildman–Crippen MR) is 75.8 cm³/mol. The fourth-order valence-electron chi connectivity index (χ4n) is 1.68. The lowest BCUT2D eigenvalue weighted by atomic mass is 10.1. The monoisotopic (exact) mass is 249 g/mol. The van der Waals surface area contributed by atoms with Crippen molar-refractivity contribution in [1.82, 2.24) is 5.32 Å². The van der Waals surface area contributed by atoms with Crippen LogP contribution in [0.4, 0.5) is 5.69 Å². The van der Waals surface area contributed by atoms with E-state index in [1.165, 1.54) is 0 Å². The van der Waals surface area contributed by atoms with Gasteiger partial charge in [-0.2, -0.15) is 0 Å². The summed E-state index contributed by atoms with van der Waals surface area (Å²) in [4.78, 5) is 12.0. The van der Waals surface area contributed by atoms with E-state index in [1.807, 2.05) is 24.3 Å². The number of benzene rings is 1. The Morgan fingerprint density at radius 1 is 1.28 bits per heavy atom. The summed E-state index contributed by atoms with van der Waals surface area (Å²) in [5, 5.41) is 6.19. The fraction of sp³-hybridized carbons (Fsp3) is 0.500. The zero-order valence-electron chi connectivity index (χ0n) is 11.2. The van der Waals surface area contributed by atoms with E-state index in [0.29, 0.717) is 24.7 Å². The lowest BCUT2D eigenvalue weighted by molar-refractivity contribution is 0.0954. The third kappa shape index (κ3) is 4.75. The molecule has 0 atom stereocenters. The first-order valence-corrected chi connectivity index (χ1v) is 6.49. The van der Waals surface area contributed by atoms with Crippen LogP contribution in [0.3, 0.4) is 0 Å². The van der Waals surface area contributed by atoms with Gasteiger partial charge in [0.05, 0.1) is 5.56 Å². The summed E-state index contributed by atoms with van der Waals surface area (Å²) in [6.45, 7) is 5.44. The van der Waals surface area contributed by atoms with Crippen molar-refractivity contribution < 1.29 is 4.79 Å². The predicted octanol–water partition coefficient (Wildman–Crippen LogP) is 1.98. The van der Waals surface area contributed by atoms with Crippen LogP contribution in [0, 0.1) is 0 Å². The number of hydrogen-bond acceptors (Lipinski definition) is 3. The molecule has 0 saturated carbocycles. The van der Waals surface area contributed by atoms with E-state index in [-0.39, 0.29) is 5.91 Å². The van der Waals surface area contributed by atoms with Gasteiger partial charge in [0, 0.05) is 18.3 Å². The molecule has 4 heteroatoms. The van der Waals surface area contributed by atoms with E-state index in [2.05, 4.69) is 24.5 Å². The minimum atomic E-state index is -0.0317. The molecule has 18 heavy (non-hydrogen) atoms. The molecule has 0 radical (unpaired) electrons. The van der Waals surface area contributed by atoms with Gasteiger partial charge in [-0.3, -0.25) is 4.79 Å². The van der Waals surface area contributed by atoms with Gasteiger partial charge in [0.1, 0.15) is 0 Å². The van der Waals surface area contributed by atoms with E-state index in [9.17, 15) is 4.79 Å². The SMILES string of the molecule is CC(C)Nc1ccccc1C(=O)NCCCCN. The van der Waals surface area contributed by atoms with E-state index < -0.39 is 0 Å². The highest BCUT2D eigenvalue weighted by molar-refractivity contribution is 5.99. The van der Waals surface area contributed by atoms with Crippen LogP contribution in [0.2, 0.25) is 0 Å². The maximum Gasteiger partial charge on any atom is 0.253 e. The Kier molecular flexibility index (Phi) is 6.22. The van der Waals surface area contributed by atoms with Crippen molar-refractivity contribution in [3.05, 3.63) is 29.8 Å². The number of nitrogens with one attached hydrogen (secondary N) is 2. The molecule has 0 saturated heterocycles. The van der Waals surface area contributed by atoms with Crippen LogP contribution in [-0.4, -0.2) is 25.0 Å². The van der Waals surface area contributed by atoms with E-state index in [0.717, 1.165) is 18.5 Å². The van der Waals surface area contributed by atoms with Gasteiger partial charge >= 0.3 is 0 Å². The quantitative estimate of drug-likeness (QED) is 0.647. The number of carbonyl (C=O) groups is 1. The molecular weight excluding hydrogens is 226 g/mol. The molecule has 0 unspecified atom stereocenters. The Bertz CT molecular complexity index is 377. The molecule has 0 aromatic heterocycles. The normalized spacial score (nSPS) is 10.4. The molecule has 1 rings (SSSR count). The first kappa shape index (κ1) is 14.5. The lowest BCUT2D eigenvalue weighted by Crippen LogP contribution is -2.26. The first-order valence-electron chi connectivity index (χ1n) is 6.49. The van der Waals surface area contributed by atoms with Crippen molar-refractivity contribution in [2.75, 3.05) is 18.4 Å². The molecule has 4 nitrogen and oxygen atoms in total. The number of anilines is 1. The van der Waals surface area contributed by atoms with Crippen molar-refractivity contribution in [2.24, 2.45) is 5.73 Å². The van der Waals surface area contributed by atoms with Crippen LogP contribution in [0.25, 0.3) is 0 Å². The van der Waals surface area contributed by atoms with Crippen molar-refractivity contribution >= 4 is 11.6 Å². The molecule has 1 aromatic carbocycles. The lowest BCUT2D eigenvalue weighted by Gasteiger charge is -2.14. The van der Waals surface area contributed by atoms with Crippen LogP contribution >= 0.6 is 0 Å². The summed E-state index contributed by atoms with van der Waals surface area (Å²) < 4.78 is 0. The number of hydrogen-bond donors (Lipinski definition) is 3. The summed E-state index contributed by atoms with van der Waals surface area (Å²) in [7, 11) is 0. The maximum atomic E-state index is 12.0. The minimum Gasteiger partial charge on any atom is -0.382 e. The summed E-state index contributed by atoms with van der Waals surface area (Å²) in [5.41, 5.74) is 6.98. The van der Waals surface area contributed by atoms with E-state index >= 15 is 0 Å². The van der Waals surface area contributed by atoms with Gasteiger partial charge in [-0.05, 0) is 45.4 Å². The van der Waals surface area contributed by atoms with Crippen molar-refractivity contribution in [1.29, 1.82) is 0 Å². The van der Waals surface area contributed by atoms with Gasteiger partial charge in [-0.25, -0.2) is 0 Å². The number of unbranched alkanes of at least 4 members (excludes halogenated alkanes) is 1. The van der Waals surface area contributed by atoms with Crippen molar-refractivity contribution in [2.45, 2.75) is 32.7 Å². The number of nitrogens with two attached hydrogens (primary N) is 1. The largest absolute Gasteiger partial charge is 0.382 e. The van der Waals surface area contributed by atoms with E-state index in [1.54, 1.807) is 0 Å². The second-order valence-corrected chi connectivity index (χ2v) is 4.60. The summed E-state index contributed by atoms with van der Waals surface area (Å²) in [6, 6.07) is 7.87. The Balaban J connectivity index is 2.61. The first-order chi connectivity index (χ1) is 8.65. The third-order valence-corrected chi connectivity index (χ3v) is 2.53. The molecule has 1 amide bonds. The molecule has 0 bridgehead atoms. The van der Waals surface area contributed by atoms with Crippen LogP contribution in [0.15, 0.2) is 24.3 Å². The average molecular weight is 249 g/mol. The summed E-state index contributed by atoms with van der Waals surface area (Å²) in [6.07, 6.45) is 1.86. The second kappa shape index (κ2) is 7.71. The Morgan fingerprint density at radius 2 is 2.00 bits per heavy atom. The zero-order valence-corrected chi connectivity index (χ0v) is 11.2. The summed E-state index contributed by atoms with van der Waals surface area (Å²) in [5.74, 6) is -0.0317. The number of rotatable bonds is 7. The van der Waals surface area contributed by atoms with Crippen molar-refractivity contribution in [3.63, 3.8) is 0 Å². The Labute approximate surface area is 109 Å². The highest BCUT2D eigenvalue weighted by Gasteiger charge is 2.10. The molecule has 4 N–H and O–H groups in total. The molecule has 100 valence electrons. The molecule has 1 aromatic rings. The van der Waals surface area contributed by atoms with Gasteiger partial charge < -0.3 is 16.4 Å². The van der Waals surface area contributed by atoms with Crippen LogP contribution in [0.1, 0.15) is 37.0 Å². The molecular formula is C14H23N3O. The molecule has 0 spiro atoms. The third-order valence-electron chi connectivity index (χ3n) is 2.53. The fourth-order valence-corrected chi connectivity index (χ4v) is 1.68. The number of amides is 1. The van der Waals surface area contributed by atoms with Gasteiger partial charge in [-0.15, -0.1) is 0 Å². The highest BCUT2D eigenvalue weighted by atomic mass is 16.1. The van der Waals surface area contributed by atoms with Crippen LogP contribution in [-0.2, 0) is 0 Å². The number of carbonyl (C=O) groups excluding carboxylic acids is 1. The molecule has 0 aliphatic rings. The van der Waals surface area contributed by atoms with Gasteiger partial charge in [0.15, 0.2) is 0 Å². The van der Waals surface area contributed by atoms with Gasteiger partial charge in [0.25, 0.3) is 5.91 Å². The van der Waals surface area contributed by atoms with Crippen LogP contribution < -0.4 is 16.4 Å². The average Bonchev–Trinajstić information content (AvgIpc) is 2.34. The standard InChI is InChI=1S/C14H23N3O/c1-11(2)17-13-8-4-3-7-12(13)14(18)16-10-6-5-9-15/h3-4,7-8,11,17H,5-6,9-10,15H2,1-2H3,(H,16,18). The Hall–Kier alpha value is -1.55. The highest BCUT2D eigenvalue weighted by Crippen LogP contribution is 2.15. The minimum absolute atomic E-state index is 0.0317.